The largest absolute Gasteiger partial charge is 0.494 e. The van der Waals surface area contributed by atoms with Crippen molar-refractivity contribution in [2.75, 3.05) is 13.2 Å². The number of hydrogen-bond acceptors (Lipinski definition) is 8. The highest BCUT2D eigenvalue weighted by molar-refractivity contribution is 5.93. The molecule has 42 heavy (non-hydrogen) atoms. The lowest BCUT2D eigenvalue weighted by Crippen LogP contribution is -2.09. The van der Waals surface area contributed by atoms with Gasteiger partial charge in [0.15, 0.2) is 0 Å². The lowest BCUT2D eigenvalue weighted by molar-refractivity contribution is -0.132. The minimum Gasteiger partial charge on any atom is -0.494 e. The number of benzene rings is 2. The zero-order valence-corrected chi connectivity index (χ0v) is 22.7. The van der Waals surface area contributed by atoms with E-state index in [0.717, 1.165) is 46.2 Å². The number of hydrogen-bond donors (Lipinski definition) is 2. The highest BCUT2D eigenvalue weighted by atomic mass is 16.6. The molecule has 0 radical (unpaired) electrons. The van der Waals surface area contributed by atoms with Crippen LogP contribution in [0.25, 0.3) is 0 Å². The Balaban J connectivity index is 1.11. The Bertz CT molecular complexity index is 1470. The summed E-state index contributed by atoms with van der Waals surface area (Å²) in [5.41, 5.74) is 3.12. The molecule has 4 rings (SSSR count). The third kappa shape index (κ3) is 9.47. The van der Waals surface area contributed by atoms with Crippen LogP contribution in [0.2, 0.25) is 0 Å². The molecular formula is C32H28N4O6. The number of terminal acetylenes is 2. The van der Waals surface area contributed by atoms with Crippen molar-refractivity contribution >= 4 is 11.9 Å². The van der Waals surface area contributed by atoms with Crippen LogP contribution in [-0.4, -0.2) is 45.1 Å². The summed E-state index contributed by atoms with van der Waals surface area (Å²) in [6.07, 6.45) is 18.4. The van der Waals surface area contributed by atoms with Crippen LogP contribution in [0.15, 0.2) is 73.1 Å². The van der Waals surface area contributed by atoms with Crippen LogP contribution >= 0.6 is 0 Å². The van der Waals surface area contributed by atoms with Gasteiger partial charge in [-0.25, -0.2) is 19.6 Å². The van der Waals surface area contributed by atoms with E-state index in [2.05, 4.69) is 31.8 Å². The second-order valence-electron chi connectivity index (χ2n) is 8.84. The summed E-state index contributed by atoms with van der Waals surface area (Å²) < 4.78 is 21.6. The van der Waals surface area contributed by atoms with Gasteiger partial charge in [-0.3, -0.25) is 0 Å². The number of carbonyl (C=O) groups excluding carboxylic acids is 2. The normalized spacial score (nSPS) is 10.5. The number of rotatable bonds is 14. The van der Waals surface area contributed by atoms with E-state index in [1.165, 1.54) is 0 Å². The first kappa shape index (κ1) is 29.2. The molecular weight excluding hydrogens is 536 g/mol. The molecule has 0 aliphatic carbocycles. The molecule has 0 unspecified atom stereocenters. The van der Waals surface area contributed by atoms with Crippen molar-refractivity contribution in [3.05, 3.63) is 95.6 Å². The molecule has 0 spiro atoms. The minimum absolute atomic E-state index is 0.0167. The van der Waals surface area contributed by atoms with Gasteiger partial charge in [0.2, 0.25) is 0 Å². The van der Waals surface area contributed by atoms with E-state index in [0.29, 0.717) is 38.9 Å². The topological polar surface area (TPSA) is 128 Å². The van der Waals surface area contributed by atoms with Crippen molar-refractivity contribution in [1.82, 2.24) is 19.9 Å². The standard InChI is InChI=1S/C32H28N4O6/c1-3-23-9-13-27(14-10-23)39-19-5-7-25-21-33-31(35-25)41-29(37)17-18-30(38)42-32-34-22-26(36-32)8-6-20-40-28-15-11-24(4-2)12-16-28/h1-2,9-18,21-22H,5-8,19-20H2,(H,33,35)(H,34,36)/b18-17-. The fourth-order valence-electron chi connectivity index (χ4n) is 3.63. The van der Waals surface area contributed by atoms with Crippen LogP contribution < -0.4 is 18.9 Å². The maximum absolute atomic E-state index is 12.1. The van der Waals surface area contributed by atoms with Crippen LogP contribution in [0.5, 0.6) is 23.5 Å². The summed E-state index contributed by atoms with van der Waals surface area (Å²) in [6.45, 7) is 0.978. The summed E-state index contributed by atoms with van der Waals surface area (Å²) in [4.78, 5) is 38.0. The number of esters is 2. The summed E-state index contributed by atoms with van der Waals surface area (Å²) in [7, 11) is 0. The van der Waals surface area contributed by atoms with Gasteiger partial charge in [0.25, 0.3) is 0 Å². The smallest absolute Gasteiger partial charge is 0.338 e. The molecule has 10 nitrogen and oxygen atoms in total. The molecule has 0 aliphatic heterocycles. The summed E-state index contributed by atoms with van der Waals surface area (Å²) in [6, 6.07) is 14.6. The van der Waals surface area contributed by atoms with Gasteiger partial charge >= 0.3 is 24.0 Å². The lowest BCUT2D eigenvalue weighted by Gasteiger charge is -2.05. The molecule has 0 saturated heterocycles. The third-order valence-electron chi connectivity index (χ3n) is 5.72. The Labute approximate surface area is 243 Å². The lowest BCUT2D eigenvalue weighted by atomic mass is 10.2. The predicted molar refractivity (Wildman–Crippen MR) is 154 cm³/mol. The molecule has 2 aromatic heterocycles. The number of aryl methyl sites for hydroxylation is 2. The number of aromatic nitrogens is 4. The van der Waals surface area contributed by atoms with Gasteiger partial charge in [0.1, 0.15) is 11.5 Å². The molecule has 0 saturated carbocycles. The molecule has 0 amide bonds. The van der Waals surface area contributed by atoms with Crippen LogP contribution in [0, 0.1) is 24.7 Å². The number of carbonyl (C=O) groups is 2. The maximum atomic E-state index is 12.1. The molecule has 0 aliphatic rings. The van der Waals surface area contributed by atoms with Crippen molar-refractivity contribution in [1.29, 1.82) is 0 Å². The Morgan fingerprint density at radius 2 is 1.10 bits per heavy atom. The Hall–Kier alpha value is -5.74. The fraction of sp³-hybridized carbons (Fsp3) is 0.188. The number of H-pyrrole nitrogens is 2. The Morgan fingerprint density at radius 3 is 1.48 bits per heavy atom. The molecule has 0 fully saturated rings. The quantitative estimate of drug-likeness (QED) is 0.101. The van der Waals surface area contributed by atoms with Crippen LogP contribution in [0.1, 0.15) is 35.4 Å². The summed E-state index contributed by atoms with van der Waals surface area (Å²) in [5.74, 6) is 4.99. The van der Waals surface area contributed by atoms with Gasteiger partial charge in [-0.05, 0) is 74.2 Å². The van der Waals surface area contributed by atoms with Crippen LogP contribution in [0.3, 0.4) is 0 Å². The summed E-state index contributed by atoms with van der Waals surface area (Å²) in [5, 5.41) is 0. The fourth-order valence-corrected chi connectivity index (χ4v) is 3.63. The van der Waals surface area contributed by atoms with Crippen molar-refractivity contribution in [3.63, 3.8) is 0 Å². The monoisotopic (exact) mass is 564 g/mol. The average Bonchev–Trinajstić information content (AvgIpc) is 3.66. The van der Waals surface area contributed by atoms with Crippen molar-refractivity contribution in [2.24, 2.45) is 0 Å². The van der Waals surface area contributed by atoms with Crippen molar-refractivity contribution in [2.45, 2.75) is 25.7 Å². The Kier molecular flexibility index (Phi) is 10.6. The predicted octanol–water partition coefficient (Wildman–Crippen LogP) is 4.19. The van der Waals surface area contributed by atoms with Gasteiger partial charge < -0.3 is 28.9 Å². The number of imidazole rings is 2. The van der Waals surface area contributed by atoms with E-state index < -0.39 is 11.9 Å². The number of aromatic amines is 2. The van der Waals surface area contributed by atoms with E-state index in [-0.39, 0.29) is 12.0 Å². The number of ether oxygens (including phenoxy) is 4. The molecule has 10 heteroatoms. The zero-order chi connectivity index (χ0) is 29.6. The third-order valence-corrected chi connectivity index (χ3v) is 5.72. The van der Waals surface area contributed by atoms with Crippen LogP contribution in [0.4, 0.5) is 0 Å². The number of nitrogens with zero attached hydrogens (tertiary/aromatic N) is 2. The van der Waals surface area contributed by atoms with Gasteiger partial charge in [-0.2, -0.15) is 0 Å². The molecule has 0 atom stereocenters. The second kappa shape index (κ2) is 15.2. The molecule has 212 valence electrons. The molecule has 2 heterocycles. The SMILES string of the molecule is C#Cc1ccc(OCCCc2cnc(OC(=O)/C=C\C(=O)Oc3ncc(CCCOc4ccc(C#C)cc4)[nH]3)[nH]2)cc1. The van der Waals surface area contributed by atoms with E-state index in [1.807, 2.05) is 48.5 Å². The average molecular weight is 565 g/mol. The van der Waals surface area contributed by atoms with Crippen LogP contribution in [-0.2, 0) is 22.4 Å². The highest BCUT2D eigenvalue weighted by Gasteiger charge is 2.09. The molecule has 2 N–H and O–H groups in total. The highest BCUT2D eigenvalue weighted by Crippen LogP contribution is 2.14. The van der Waals surface area contributed by atoms with Gasteiger partial charge in [-0.1, -0.05) is 11.8 Å². The first-order chi connectivity index (χ1) is 20.5. The molecule has 4 aromatic rings. The first-order valence-corrected chi connectivity index (χ1v) is 13.1. The van der Waals surface area contributed by atoms with E-state index >= 15 is 0 Å². The second-order valence-corrected chi connectivity index (χ2v) is 8.84. The van der Waals surface area contributed by atoms with E-state index in [1.54, 1.807) is 12.4 Å². The van der Waals surface area contributed by atoms with Crippen molar-refractivity contribution in [3.8, 4) is 48.2 Å². The van der Waals surface area contributed by atoms with E-state index in [4.69, 9.17) is 31.8 Å². The van der Waals surface area contributed by atoms with Gasteiger partial charge in [0, 0.05) is 34.7 Å². The Morgan fingerprint density at radius 1 is 0.690 bits per heavy atom. The first-order valence-electron chi connectivity index (χ1n) is 13.1. The molecule has 0 bridgehead atoms. The minimum atomic E-state index is -0.791. The van der Waals surface area contributed by atoms with Crippen molar-refractivity contribution < 1.29 is 28.5 Å². The van der Waals surface area contributed by atoms with E-state index in [9.17, 15) is 9.59 Å². The van der Waals surface area contributed by atoms with Gasteiger partial charge in [-0.15, -0.1) is 12.8 Å². The molecule has 2 aromatic carbocycles. The summed E-state index contributed by atoms with van der Waals surface area (Å²) >= 11 is 0. The maximum Gasteiger partial charge on any atom is 0.338 e. The van der Waals surface area contributed by atoms with Gasteiger partial charge in [0.05, 0.1) is 25.6 Å². The number of nitrogens with one attached hydrogen (secondary N) is 2. The zero-order valence-electron chi connectivity index (χ0n) is 22.7.